The number of benzene rings is 2. The summed E-state index contributed by atoms with van der Waals surface area (Å²) in [4.78, 5) is 0. The molecule has 0 fully saturated rings. The van der Waals surface area contributed by atoms with Gasteiger partial charge in [-0.3, -0.25) is 0 Å². The van der Waals surface area contributed by atoms with Crippen LogP contribution in [-0.4, -0.2) is 5.84 Å². The Morgan fingerprint density at radius 2 is 1.35 bits per heavy atom. The summed E-state index contributed by atoms with van der Waals surface area (Å²) in [5, 5.41) is 35.8. The molecule has 0 heterocycles. The summed E-state index contributed by atoms with van der Waals surface area (Å²) in [6, 6.07) is 19.0. The highest BCUT2D eigenvalue weighted by Crippen LogP contribution is 2.31. The number of anilines is 2. The Morgan fingerprint density at radius 3 is 1.74 bits per heavy atom. The minimum Gasteiger partial charge on any atom is -0.228 e. The molecule has 2 rings (SSSR count). The Bertz CT molecular complexity index is 836. The van der Waals surface area contributed by atoms with Crippen LogP contribution in [0.3, 0.4) is 0 Å². The van der Waals surface area contributed by atoms with E-state index in [1.54, 1.807) is 54.6 Å². The monoisotopic (exact) mass is 299 g/mol. The molecule has 0 saturated heterocycles. The van der Waals surface area contributed by atoms with Crippen molar-refractivity contribution < 1.29 is 0 Å². The van der Waals surface area contributed by atoms with Crippen molar-refractivity contribution in [1.29, 1.82) is 21.3 Å². The van der Waals surface area contributed by atoms with Gasteiger partial charge in [0.25, 0.3) is 5.84 Å². The van der Waals surface area contributed by atoms with Crippen molar-refractivity contribution in [3.05, 3.63) is 59.7 Å². The molecule has 23 heavy (non-hydrogen) atoms. The maximum atomic E-state index is 9.27. The number of nitrogens with zero attached hydrogens (tertiary/aromatic N) is 6. The van der Waals surface area contributed by atoms with Gasteiger partial charge in [-0.2, -0.15) is 15.8 Å². The van der Waals surface area contributed by atoms with Gasteiger partial charge in [-0.15, -0.1) is 10.2 Å². The SMILES string of the molecule is N#CC(N=N)=NN(c1ccccc1C#N)c1ccccc1C#N. The van der Waals surface area contributed by atoms with Crippen molar-refractivity contribution in [2.45, 2.75) is 0 Å². The summed E-state index contributed by atoms with van der Waals surface area (Å²) in [6.07, 6.45) is 0. The first-order valence-electron chi connectivity index (χ1n) is 6.39. The minimum atomic E-state index is -0.398. The van der Waals surface area contributed by atoms with Crippen LogP contribution in [-0.2, 0) is 0 Å². The lowest BCUT2D eigenvalue weighted by Gasteiger charge is -2.21. The lowest BCUT2D eigenvalue weighted by Crippen LogP contribution is -2.14. The van der Waals surface area contributed by atoms with Crippen molar-refractivity contribution in [3.8, 4) is 18.2 Å². The molecule has 0 spiro atoms. The number of nitriles is 3. The predicted molar refractivity (Wildman–Crippen MR) is 82.6 cm³/mol. The summed E-state index contributed by atoms with van der Waals surface area (Å²) >= 11 is 0. The number of amidine groups is 1. The molecule has 7 heteroatoms. The third kappa shape index (κ3) is 3.18. The molecule has 0 unspecified atom stereocenters. The van der Waals surface area contributed by atoms with E-state index in [0.29, 0.717) is 22.5 Å². The van der Waals surface area contributed by atoms with Gasteiger partial charge in [-0.1, -0.05) is 24.3 Å². The first-order valence-corrected chi connectivity index (χ1v) is 6.39. The highest BCUT2D eigenvalue weighted by Gasteiger charge is 2.17. The number of para-hydroxylation sites is 2. The van der Waals surface area contributed by atoms with Crippen molar-refractivity contribution >= 4 is 17.2 Å². The van der Waals surface area contributed by atoms with E-state index in [2.05, 4.69) is 10.2 Å². The molecular formula is C16H9N7. The quantitative estimate of drug-likeness (QED) is 0.403. The fourth-order valence-corrected chi connectivity index (χ4v) is 1.91. The van der Waals surface area contributed by atoms with Gasteiger partial charge in [0.2, 0.25) is 0 Å². The summed E-state index contributed by atoms with van der Waals surface area (Å²) < 4.78 is 0. The van der Waals surface area contributed by atoms with Gasteiger partial charge in [0.15, 0.2) is 0 Å². The van der Waals surface area contributed by atoms with Gasteiger partial charge >= 0.3 is 0 Å². The Labute approximate surface area is 132 Å². The van der Waals surface area contributed by atoms with Crippen molar-refractivity contribution in [2.75, 3.05) is 5.01 Å². The molecule has 0 aliphatic heterocycles. The number of hydrogen-bond acceptors (Lipinski definition) is 6. The van der Waals surface area contributed by atoms with Crippen LogP contribution < -0.4 is 5.01 Å². The van der Waals surface area contributed by atoms with Gasteiger partial charge in [-0.05, 0) is 24.3 Å². The maximum Gasteiger partial charge on any atom is 0.270 e. The Balaban J connectivity index is 2.75. The number of hydrogen-bond donors (Lipinski definition) is 1. The maximum absolute atomic E-state index is 9.27. The zero-order valence-electron chi connectivity index (χ0n) is 11.8. The van der Waals surface area contributed by atoms with E-state index in [1.165, 1.54) is 5.01 Å². The smallest absolute Gasteiger partial charge is 0.228 e. The van der Waals surface area contributed by atoms with Crippen LogP contribution in [0.5, 0.6) is 0 Å². The molecule has 0 aliphatic carbocycles. The van der Waals surface area contributed by atoms with E-state index >= 15 is 0 Å². The largest absolute Gasteiger partial charge is 0.270 e. The lowest BCUT2D eigenvalue weighted by molar-refractivity contribution is 1.05. The molecule has 2 aromatic rings. The standard InChI is InChI=1S/C16H9N7/c17-9-12-5-1-3-7-14(12)23(22-16(11-19)21-20)15-8-4-2-6-13(15)10-18/h1-8,20H. The van der Waals surface area contributed by atoms with Crippen LogP contribution in [0.4, 0.5) is 11.4 Å². The Kier molecular flexibility index (Phi) is 4.76. The van der Waals surface area contributed by atoms with E-state index in [1.807, 2.05) is 12.1 Å². The van der Waals surface area contributed by atoms with E-state index in [9.17, 15) is 10.5 Å². The third-order valence-corrected chi connectivity index (χ3v) is 2.91. The van der Waals surface area contributed by atoms with Gasteiger partial charge < -0.3 is 0 Å². The van der Waals surface area contributed by atoms with Crippen LogP contribution >= 0.6 is 0 Å². The van der Waals surface area contributed by atoms with E-state index < -0.39 is 5.84 Å². The topological polar surface area (TPSA) is 123 Å². The summed E-state index contributed by atoms with van der Waals surface area (Å²) in [6.45, 7) is 0. The Hall–Kier alpha value is -4.02. The molecule has 0 aromatic heterocycles. The lowest BCUT2D eigenvalue weighted by atomic mass is 10.1. The first kappa shape index (κ1) is 15.4. The predicted octanol–water partition coefficient (Wildman–Crippen LogP) is 3.44. The zero-order chi connectivity index (χ0) is 16.7. The van der Waals surface area contributed by atoms with Gasteiger partial charge in [-0.25, -0.2) is 10.5 Å². The van der Waals surface area contributed by atoms with Crippen molar-refractivity contribution in [3.63, 3.8) is 0 Å². The number of hydrazone groups is 1. The average Bonchev–Trinajstić information content (AvgIpc) is 2.63. The molecule has 7 nitrogen and oxygen atoms in total. The molecule has 0 amide bonds. The van der Waals surface area contributed by atoms with Gasteiger partial charge in [0, 0.05) is 0 Å². The number of rotatable bonds is 3. The van der Waals surface area contributed by atoms with Crippen molar-refractivity contribution in [2.24, 2.45) is 10.2 Å². The molecule has 0 aliphatic rings. The van der Waals surface area contributed by atoms with Crippen molar-refractivity contribution in [1.82, 2.24) is 0 Å². The molecule has 0 radical (unpaired) electrons. The molecular weight excluding hydrogens is 290 g/mol. The molecule has 108 valence electrons. The first-order chi connectivity index (χ1) is 11.2. The summed E-state index contributed by atoms with van der Waals surface area (Å²) in [5.74, 6) is -0.398. The van der Waals surface area contributed by atoms with Crippen LogP contribution in [0.25, 0.3) is 0 Å². The molecule has 0 saturated carbocycles. The molecule has 0 atom stereocenters. The zero-order valence-corrected chi connectivity index (χ0v) is 11.8. The molecule has 0 bridgehead atoms. The van der Waals surface area contributed by atoms with Crippen LogP contribution in [0.15, 0.2) is 58.7 Å². The van der Waals surface area contributed by atoms with Crippen LogP contribution in [0, 0.1) is 39.5 Å². The van der Waals surface area contributed by atoms with E-state index in [-0.39, 0.29) is 0 Å². The fraction of sp³-hybridized carbons (Fsp3) is 0. The molecule has 1 N–H and O–H groups in total. The van der Waals surface area contributed by atoms with Crippen LogP contribution in [0.2, 0.25) is 0 Å². The normalized spacial score (nSPS) is 10.0. The fourth-order valence-electron chi connectivity index (χ4n) is 1.91. The van der Waals surface area contributed by atoms with E-state index in [0.717, 1.165) is 0 Å². The van der Waals surface area contributed by atoms with Gasteiger partial charge in [0.05, 0.1) is 22.5 Å². The highest BCUT2D eigenvalue weighted by molar-refractivity contribution is 5.98. The van der Waals surface area contributed by atoms with Gasteiger partial charge in [0.1, 0.15) is 18.2 Å². The second-order valence-corrected chi connectivity index (χ2v) is 4.22. The summed E-state index contributed by atoms with van der Waals surface area (Å²) in [5.41, 5.74) is 8.38. The van der Waals surface area contributed by atoms with Crippen LogP contribution in [0.1, 0.15) is 11.1 Å². The number of nitrogens with one attached hydrogen (secondary N) is 1. The highest BCUT2D eigenvalue weighted by atomic mass is 15.5. The second kappa shape index (κ2) is 7.12. The Morgan fingerprint density at radius 1 is 0.870 bits per heavy atom. The average molecular weight is 299 g/mol. The third-order valence-electron chi connectivity index (χ3n) is 2.91. The second-order valence-electron chi connectivity index (χ2n) is 4.22. The minimum absolute atomic E-state index is 0.311. The summed E-state index contributed by atoms with van der Waals surface area (Å²) in [7, 11) is 0. The molecule has 2 aromatic carbocycles. The van der Waals surface area contributed by atoms with E-state index in [4.69, 9.17) is 10.8 Å².